The van der Waals surface area contributed by atoms with Crippen molar-refractivity contribution in [2.75, 3.05) is 0 Å². The number of carbonyl (C=O) groups excluding carboxylic acids is 1. The SMILES string of the molecule is CCCCCCCCCCC=CC(CC(=O)O)C(=O)Oc1ccc(S)cc1. The van der Waals surface area contributed by atoms with Crippen LogP contribution in [0.2, 0.25) is 0 Å². The van der Waals surface area contributed by atoms with Gasteiger partial charge >= 0.3 is 11.9 Å². The lowest BCUT2D eigenvalue weighted by Crippen LogP contribution is -2.21. The summed E-state index contributed by atoms with van der Waals surface area (Å²) in [6, 6.07) is 6.72. The molecule has 150 valence electrons. The maximum absolute atomic E-state index is 12.3. The third-order valence-electron chi connectivity index (χ3n) is 4.35. The first-order chi connectivity index (χ1) is 13.0. The van der Waals surface area contributed by atoms with Crippen LogP contribution in [0.5, 0.6) is 5.75 Å². The standard InChI is InChI=1S/C22H32O4S/c1-2-3-4-5-6-7-8-9-10-11-12-18(17-21(23)24)22(25)26-19-13-15-20(27)16-14-19/h11-16,18,27H,2-10,17H2,1H3,(H,23,24). The van der Waals surface area contributed by atoms with Crippen molar-refractivity contribution in [3.8, 4) is 5.75 Å². The normalized spacial score (nSPS) is 12.2. The second-order valence-electron chi connectivity index (χ2n) is 6.81. The van der Waals surface area contributed by atoms with Crippen molar-refractivity contribution >= 4 is 24.6 Å². The molecule has 4 nitrogen and oxygen atoms in total. The summed E-state index contributed by atoms with van der Waals surface area (Å²) in [6.07, 6.45) is 14.1. The highest BCUT2D eigenvalue weighted by atomic mass is 32.1. The molecule has 1 aromatic carbocycles. The summed E-state index contributed by atoms with van der Waals surface area (Å²) in [5.74, 6) is -1.94. The number of hydrogen-bond acceptors (Lipinski definition) is 4. The maximum Gasteiger partial charge on any atom is 0.318 e. The molecule has 0 radical (unpaired) electrons. The van der Waals surface area contributed by atoms with Gasteiger partial charge in [0.05, 0.1) is 12.3 Å². The van der Waals surface area contributed by atoms with Gasteiger partial charge in [0.2, 0.25) is 0 Å². The Bertz CT molecular complexity index is 580. The predicted octanol–water partition coefficient (Wildman–Crippen LogP) is 6.06. The molecule has 1 unspecified atom stereocenters. The highest BCUT2D eigenvalue weighted by molar-refractivity contribution is 7.80. The summed E-state index contributed by atoms with van der Waals surface area (Å²) in [4.78, 5) is 24.1. The molecular weight excluding hydrogens is 360 g/mol. The zero-order valence-electron chi connectivity index (χ0n) is 16.2. The van der Waals surface area contributed by atoms with Crippen molar-refractivity contribution < 1.29 is 19.4 Å². The van der Waals surface area contributed by atoms with E-state index < -0.39 is 17.9 Å². The van der Waals surface area contributed by atoms with Gasteiger partial charge in [0.1, 0.15) is 5.75 Å². The lowest BCUT2D eigenvalue weighted by Gasteiger charge is -2.10. The summed E-state index contributed by atoms with van der Waals surface area (Å²) in [7, 11) is 0. The summed E-state index contributed by atoms with van der Waals surface area (Å²) >= 11 is 4.18. The van der Waals surface area contributed by atoms with Crippen molar-refractivity contribution in [3.63, 3.8) is 0 Å². The molecule has 0 saturated heterocycles. The van der Waals surface area contributed by atoms with Crippen molar-refractivity contribution in [2.45, 2.75) is 76.0 Å². The summed E-state index contributed by atoms with van der Waals surface area (Å²) in [5, 5.41) is 9.04. The average molecular weight is 393 g/mol. The van der Waals surface area contributed by atoms with Crippen LogP contribution in [0.15, 0.2) is 41.3 Å². The molecule has 5 heteroatoms. The van der Waals surface area contributed by atoms with Crippen molar-refractivity contribution in [1.82, 2.24) is 0 Å². The smallest absolute Gasteiger partial charge is 0.318 e. The third-order valence-corrected chi connectivity index (χ3v) is 4.64. The Morgan fingerprint density at radius 3 is 2.22 bits per heavy atom. The van der Waals surface area contributed by atoms with E-state index in [4.69, 9.17) is 9.84 Å². The van der Waals surface area contributed by atoms with E-state index in [1.165, 1.54) is 44.9 Å². The number of ether oxygens (including phenoxy) is 1. The minimum absolute atomic E-state index is 0.266. The summed E-state index contributed by atoms with van der Waals surface area (Å²) < 4.78 is 5.29. The minimum atomic E-state index is -1.01. The van der Waals surface area contributed by atoms with E-state index in [1.807, 2.05) is 6.08 Å². The van der Waals surface area contributed by atoms with E-state index in [9.17, 15) is 9.59 Å². The number of carboxylic acid groups (broad SMARTS) is 1. The molecule has 0 aliphatic heterocycles. The van der Waals surface area contributed by atoms with Gasteiger partial charge in [-0.2, -0.15) is 0 Å². The predicted molar refractivity (Wildman–Crippen MR) is 111 cm³/mol. The van der Waals surface area contributed by atoms with Crippen LogP contribution in [0.3, 0.4) is 0 Å². The minimum Gasteiger partial charge on any atom is -0.481 e. The molecular formula is C22H32O4S. The topological polar surface area (TPSA) is 63.6 Å². The van der Waals surface area contributed by atoms with Crippen LogP contribution in [-0.4, -0.2) is 17.0 Å². The first kappa shape index (κ1) is 23.3. The van der Waals surface area contributed by atoms with Crippen molar-refractivity contribution in [3.05, 3.63) is 36.4 Å². The molecule has 0 spiro atoms. The Kier molecular flexibility index (Phi) is 12.4. The largest absolute Gasteiger partial charge is 0.481 e. The van der Waals surface area contributed by atoms with Crippen LogP contribution in [0, 0.1) is 5.92 Å². The number of allylic oxidation sites excluding steroid dienone is 1. The number of esters is 1. The summed E-state index contributed by atoms with van der Waals surface area (Å²) in [6.45, 7) is 2.22. The maximum atomic E-state index is 12.3. The van der Waals surface area contributed by atoms with Gasteiger partial charge in [0.15, 0.2) is 0 Å². The quantitative estimate of drug-likeness (QED) is 0.133. The highest BCUT2D eigenvalue weighted by Gasteiger charge is 2.21. The van der Waals surface area contributed by atoms with Crippen molar-refractivity contribution in [1.29, 1.82) is 0 Å². The van der Waals surface area contributed by atoms with Crippen LogP contribution in [-0.2, 0) is 9.59 Å². The number of carbonyl (C=O) groups is 2. The molecule has 0 bridgehead atoms. The number of unbranched alkanes of at least 4 members (excludes halogenated alkanes) is 8. The van der Waals surface area contributed by atoms with Crippen LogP contribution >= 0.6 is 12.6 Å². The fourth-order valence-corrected chi connectivity index (χ4v) is 2.93. The Morgan fingerprint density at radius 1 is 1.04 bits per heavy atom. The lowest BCUT2D eigenvalue weighted by molar-refractivity contribution is -0.144. The number of carboxylic acids is 1. The number of hydrogen-bond donors (Lipinski definition) is 2. The van der Waals surface area contributed by atoms with Crippen LogP contribution in [0.25, 0.3) is 0 Å². The Morgan fingerprint density at radius 2 is 1.63 bits per heavy atom. The molecule has 1 rings (SSSR count). The van der Waals surface area contributed by atoms with E-state index in [2.05, 4.69) is 19.6 Å². The molecule has 0 amide bonds. The zero-order chi connectivity index (χ0) is 19.9. The van der Waals surface area contributed by atoms with Gasteiger partial charge in [0, 0.05) is 4.90 Å². The first-order valence-electron chi connectivity index (χ1n) is 9.92. The van der Waals surface area contributed by atoms with Crippen molar-refractivity contribution in [2.24, 2.45) is 5.92 Å². The van der Waals surface area contributed by atoms with E-state index in [0.29, 0.717) is 5.75 Å². The van der Waals surface area contributed by atoms with Gasteiger partial charge in [-0.05, 0) is 37.1 Å². The fraction of sp³-hybridized carbons (Fsp3) is 0.545. The second kappa shape index (κ2) is 14.3. The fourth-order valence-electron chi connectivity index (χ4n) is 2.78. The van der Waals surface area contributed by atoms with Gasteiger partial charge < -0.3 is 9.84 Å². The summed E-state index contributed by atoms with van der Waals surface area (Å²) in [5.41, 5.74) is 0. The molecule has 0 aliphatic carbocycles. The molecule has 0 fully saturated rings. The van der Waals surface area contributed by atoms with Crippen LogP contribution in [0.1, 0.15) is 71.1 Å². The van der Waals surface area contributed by atoms with Gasteiger partial charge in [-0.1, -0.05) is 64.0 Å². The Balaban J connectivity index is 2.35. The molecule has 0 heterocycles. The van der Waals surface area contributed by atoms with E-state index in [0.717, 1.165) is 17.7 Å². The third kappa shape index (κ3) is 11.5. The lowest BCUT2D eigenvalue weighted by atomic mass is 10.0. The van der Waals surface area contributed by atoms with Gasteiger partial charge in [0.25, 0.3) is 0 Å². The zero-order valence-corrected chi connectivity index (χ0v) is 17.1. The van der Waals surface area contributed by atoms with Gasteiger partial charge in [-0.15, -0.1) is 12.6 Å². The van der Waals surface area contributed by atoms with Crippen LogP contribution in [0.4, 0.5) is 0 Å². The molecule has 0 aliphatic rings. The Hall–Kier alpha value is -1.75. The van der Waals surface area contributed by atoms with Crippen LogP contribution < -0.4 is 4.74 Å². The van der Waals surface area contributed by atoms with E-state index >= 15 is 0 Å². The molecule has 1 aromatic rings. The molecule has 0 saturated carbocycles. The van der Waals surface area contributed by atoms with Gasteiger partial charge in [-0.25, -0.2) is 0 Å². The number of benzene rings is 1. The molecule has 1 N–H and O–H groups in total. The molecule has 27 heavy (non-hydrogen) atoms. The monoisotopic (exact) mass is 392 g/mol. The number of aliphatic carboxylic acids is 1. The first-order valence-corrected chi connectivity index (χ1v) is 10.4. The Labute approximate surface area is 168 Å². The number of thiol groups is 1. The molecule has 0 aromatic heterocycles. The molecule has 1 atom stereocenters. The number of rotatable bonds is 14. The second-order valence-corrected chi connectivity index (χ2v) is 7.33. The van der Waals surface area contributed by atoms with E-state index in [1.54, 1.807) is 30.3 Å². The van der Waals surface area contributed by atoms with Gasteiger partial charge in [-0.3, -0.25) is 9.59 Å². The highest BCUT2D eigenvalue weighted by Crippen LogP contribution is 2.18. The van der Waals surface area contributed by atoms with E-state index in [-0.39, 0.29) is 6.42 Å². The average Bonchev–Trinajstić information content (AvgIpc) is 2.63.